The summed E-state index contributed by atoms with van der Waals surface area (Å²) in [5.41, 5.74) is 2.07. The SMILES string of the molecule is CCNC(=NCc1ccnc(N(C)C)c1)NCc1cc(C(C)C)no1. The molecule has 7 nitrogen and oxygen atoms in total. The molecule has 0 aromatic carbocycles. The Bertz CT molecular complexity index is 692. The van der Waals surface area contributed by atoms with Gasteiger partial charge in [0.2, 0.25) is 0 Å². The maximum absolute atomic E-state index is 5.35. The van der Waals surface area contributed by atoms with Crippen molar-refractivity contribution in [1.82, 2.24) is 20.8 Å². The Morgan fingerprint density at radius 3 is 2.72 bits per heavy atom. The van der Waals surface area contributed by atoms with Crippen LogP contribution in [0.25, 0.3) is 0 Å². The molecule has 0 radical (unpaired) electrons. The van der Waals surface area contributed by atoms with Crippen LogP contribution in [-0.2, 0) is 13.1 Å². The van der Waals surface area contributed by atoms with Crippen LogP contribution in [0.2, 0.25) is 0 Å². The van der Waals surface area contributed by atoms with Crippen LogP contribution in [0.1, 0.15) is 43.7 Å². The van der Waals surface area contributed by atoms with E-state index in [-0.39, 0.29) is 0 Å². The van der Waals surface area contributed by atoms with Gasteiger partial charge < -0.3 is 20.1 Å². The van der Waals surface area contributed by atoms with Gasteiger partial charge in [0, 0.05) is 32.9 Å². The maximum Gasteiger partial charge on any atom is 0.191 e. The van der Waals surface area contributed by atoms with Crippen molar-refractivity contribution in [2.24, 2.45) is 4.99 Å². The summed E-state index contributed by atoms with van der Waals surface area (Å²) in [6, 6.07) is 6.00. The van der Waals surface area contributed by atoms with Gasteiger partial charge in [-0.3, -0.25) is 0 Å². The van der Waals surface area contributed by atoms with Gasteiger partial charge >= 0.3 is 0 Å². The first-order valence-electron chi connectivity index (χ1n) is 8.59. The fourth-order valence-electron chi connectivity index (χ4n) is 2.17. The van der Waals surface area contributed by atoms with Crippen molar-refractivity contribution in [2.75, 3.05) is 25.5 Å². The Hall–Kier alpha value is -2.57. The zero-order valence-corrected chi connectivity index (χ0v) is 15.7. The van der Waals surface area contributed by atoms with Gasteiger partial charge in [0.25, 0.3) is 0 Å². The monoisotopic (exact) mass is 344 g/mol. The molecule has 0 fully saturated rings. The normalized spacial score (nSPS) is 11.7. The summed E-state index contributed by atoms with van der Waals surface area (Å²) in [7, 11) is 3.95. The fraction of sp³-hybridized carbons (Fsp3) is 0.500. The van der Waals surface area contributed by atoms with Gasteiger partial charge in [0.15, 0.2) is 11.7 Å². The van der Waals surface area contributed by atoms with E-state index in [1.54, 1.807) is 0 Å². The molecule has 2 rings (SSSR count). The Morgan fingerprint density at radius 2 is 2.08 bits per heavy atom. The van der Waals surface area contributed by atoms with Gasteiger partial charge in [-0.15, -0.1) is 0 Å². The van der Waals surface area contributed by atoms with Crippen LogP contribution in [0, 0.1) is 0 Å². The highest BCUT2D eigenvalue weighted by Gasteiger charge is 2.08. The maximum atomic E-state index is 5.35. The topological polar surface area (TPSA) is 78.6 Å². The summed E-state index contributed by atoms with van der Waals surface area (Å²) in [6.07, 6.45) is 1.81. The average molecular weight is 344 g/mol. The lowest BCUT2D eigenvalue weighted by Gasteiger charge is -2.12. The van der Waals surface area contributed by atoms with E-state index in [1.165, 1.54) is 0 Å². The van der Waals surface area contributed by atoms with E-state index in [2.05, 4.69) is 39.6 Å². The van der Waals surface area contributed by atoms with E-state index in [4.69, 9.17) is 4.52 Å². The van der Waals surface area contributed by atoms with Crippen molar-refractivity contribution in [3.8, 4) is 0 Å². The molecule has 2 aromatic heterocycles. The zero-order chi connectivity index (χ0) is 18.2. The molecule has 25 heavy (non-hydrogen) atoms. The molecule has 0 aliphatic heterocycles. The zero-order valence-electron chi connectivity index (χ0n) is 15.7. The molecule has 0 saturated carbocycles. The number of nitrogens with one attached hydrogen (secondary N) is 2. The molecule has 0 aliphatic carbocycles. The van der Waals surface area contributed by atoms with Gasteiger partial charge in [0.05, 0.1) is 18.8 Å². The van der Waals surface area contributed by atoms with Gasteiger partial charge in [-0.2, -0.15) is 0 Å². The number of aliphatic imine (C=N–C) groups is 1. The van der Waals surface area contributed by atoms with E-state index < -0.39 is 0 Å². The number of pyridine rings is 1. The predicted octanol–water partition coefficient (Wildman–Crippen LogP) is 2.51. The molecule has 0 unspecified atom stereocenters. The van der Waals surface area contributed by atoms with Crippen molar-refractivity contribution in [1.29, 1.82) is 0 Å². The van der Waals surface area contributed by atoms with Crippen LogP contribution in [0.5, 0.6) is 0 Å². The lowest BCUT2D eigenvalue weighted by Crippen LogP contribution is -2.36. The first kappa shape index (κ1) is 18.8. The molecule has 2 heterocycles. The average Bonchev–Trinajstić information content (AvgIpc) is 3.07. The van der Waals surface area contributed by atoms with Crippen LogP contribution in [0.15, 0.2) is 33.9 Å². The van der Waals surface area contributed by atoms with Crippen molar-refractivity contribution < 1.29 is 4.52 Å². The summed E-state index contributed by atoms with van der Waals surface area (Å²) in [4.78, 5) is 10.9. The first-order valence-corrected chi connectivity index (χ1v) is 8.59. The van der Waals surface area contributed by atoms with Crippen LogP contribution in [0.3, 0.4) is 0 Å². The molecule has 2 aromatic rings. The molecule has 2 N–H and O–H groups in total. The molecule has 136 valence electrons. The Balaban J connectivity index is 1.98. The third kappa shape index (κ3) is 5.77. The quantitative estimate of drug-likeness (QED) is 0.593. The van der Waals surface area contributed by atoms with E-state index in [9.17, 15) is 0 Å². The largest absolute Gasteiger partial charge is 0.363 e. The highest BCUT2D eigenvalue weighted by atomic mass is 16.5. The summed E-state index contributed by atoms with van der Waals surface area (Å²) < 4.78 is 5.35. The lowest BCUT2D eigenvalue weighted by molar-refractivity contribution is 0.372. The molecular formula is C18H28N6O. The number of anilines is 1. The molecule has 0 spiro atoms. The Morgan fingerprint density at radius 1 is 1.28 bits per heavy atom. The van der Waals surface area contributed by atoms with Gasteiger partial charge in [-0.05, 0) is 30.5 Å². The third-order valence-electron chi connectivity index (χ3n) is 3.63. The standard InChI is InChI=1S/C18H28N6O/c1-6-19-18(22-12-15-10-16(13(2)3)23-25-15)21-11-14-7-8-20-17(9-14)24(4)5/h7-10,13H,6,11-12H2,1-5H3,(H2,19,21,22). The van der Waals surface area contributed by atoms with E-state index in [1.807, 2.05) is 50.3 Å². The second-order valence-electron chi connectivity index (χ2n) is 6.34. The van der Waals surface area contributed by atoms with E-state index in [0.717, 1.165) is 35.3 Å². The minimum absolute atomic E-state index is 0.358. The summed E-state index contributed by atoms with van der Waals surface area (Å²) in [5, 5.41) is 10.6. The van der Waals surface area contributed by atoms with Crippen molar-refractivity contribution in [3.05, 3.63) is 41.4 Å². The molecule has 0 bridgehead atoms. The number of rotatable bonds is 7. The molecule has 7 heteroatoms. The van der Waals surface area contributed by atoms with Gasteiger partial charge in [-0.25, -0.2) is 9.98 Å². The second kappa shape index (κ2) is 9.05. The van der Waals surface area contributed by atoms with Crippen LogP contribution in [-0.4, -0.2) is 36.7 Å². The highest BCUT2D eigenvalue weighted by molar-refractivity contribution is 5.79. The number of hydrogen-bond acceptors (Lipinski definition) is 5. The highest BCUT2D eigenvalue weighted by Crippen LogP contribution is 2.14. The Kier molecular flexibility index (Phi) is 6.80. The van der Waals surface area contributed by atoms with Gasteiger partial charge in [-0.1, -0.05) is 19.0 Å². The van der Waals surface area contributed by atoms with Crippen molar-refractivity contribution >= 4 is 11.8 Å². The minimum atomic E-state index is 0.358. The fourth-order valence-corrected chi connectivity index (χ4v) is 2.17. The van der Waals surface area contributed by atoms with Crippen molar-refractivity contribution in [3.63, 3.8) is 0 Å². The summed E-state index contributed by atoms with van der Waals surface area (Å²) in [6.45, 7) is 8.14. The van der Waals surface area contributed by atoms with E-state index >= 15 is 0 Å². The third-order valence-corrected chi connectivity index (χ3v) is 3.63. The second-order valence-corrected chi connectivity index (χ2v) is 6.34. The number of hydrogen-bond donors (Lipinski definition) is 2. The van der Waals surface area contributed by atoms with Gasteiger partial charge in [0.1, 0.15) is 5.82 Å². The minimum Gasteiger partial charge on any atom is -0.363 e. The summed E-state index contributed by atoms with van der Waals surface area (Å²) in [5.74, 6) is 2.83. The first-order chi connectivity index (χ1) is 12.0. The predicted molar refractivity (Wildman–Crippen MR) is 101 cm³/mol. The number of aromatic nitrogens is 2. The van der Waals surface area contributed by atoms with Crippen molar-refractivity contribution in [2.45, 2.75) is 39.8 Å². The summed E-state index contributed by atoms with van der Waals surface area (Å²) >= 11 is 0. The number of guanidine groups is 1. The molecule has 0 aliphatic rings. The molecule has 0 atom stereocenters. The van der Waals surface area contributed by atoms with Crippen LogP contribution >= 0.6 is 0 Å². The van der Waals surface area contributed by atoms with E-state index in [0.29, 0.717) is 19.0 Å². The smallest absolute Gasteiger partial charge is 0.191 e. The molecular weight excluding hydrogens is 316 g/mol. The van der Waals surface area contributed by atoms with Crippen LogP contribution in [0.4, 0.5) is 5.82 Å². The van der Waals surface area contributed by atoms with Crippen LogP contribution < -0.4 is 15.5 Å². The molecule has 0 saturated heterocycles. The Labute approximate surface area is 149 Å². The molecule has 0 amide bonds. The lowest BCUT2D eigenvalue weighted by atomic mass is 10.1. The number of nitrogens with zero attached hydrogens (tertiary/aromatic N) is 4.